The van der Waals surface area contributed by atoms with E-state index in [4.69, 9.17) is 9.97 Å². The predicted octanol–water partition coefficient (Wildman–Crippen LogP) is 13.4. The Morgan fingerprint density at radius 3 is 1.44 bits per heavy atom. The van der Waals surface area contributed by atoms with E-state index in [2.05, 4.69) is 132 Å². The Kier molecular flexibility index (Phi) is 9.82. The maximum atomic E-state index is 9.91. The van der Waals surface area contributed by atoms with E-state index < -0.39 is 0 Å². The summed E-state index contributed by atoms with van der Waals surface area (Å²) in [7, 11) is 0. The molecule has 2 aromatic carbocycles. The highest BCUT2D eigenvalue weighted by Gasteiger charge is 2.30. The van der Waals surface area contributed by atoms with E-state index in [1.165, 1.54) is 39.0 Å². The number of hydrogen-bond acceptors (Lipinski definition) is 2. The van der Waals surface area contributed by atoms with Crippen LogP contribution in [-0.2, 0) is 25.7 Å². The van der Waals surface area contributed by atoms with Gasteiger partial charge in [0.2, 0.25) is 0 Å². The Bertz CT molecular complexity index is 2420. The summed E-state index contributed by atoms with van der Waals surface area (Å²) >= 11 is 0. The van der Waals surface area contributed by atoms with Crippen LogP contribution in [0.3, 0.4) is 0 Å². The van der Waals surface area contributed by atoms with Crippen LogP contribution in [0.15, 0.2) is 72.8 Å². The lowest BCUT2D eigenvalue weighted by Crippen LogP contribution is -1.95. The number of fused-ring (bicyclic) bond motifs is 8. The molecule has 0 spiro atoms. The number of H-pyrrole nitrogens is 2. The van der Waals surface area contributed by atoms with Crippen molar-refractivity contribution in [3.05, 3.63) is 118 Å². The van der Waals surface area contributed by atoms with Gasteiger partial charge in [0.15, 0.2) is 0 Å². The highest BCUT2D eigenvalue weighted by atomic mass is 14.8. The zero-order valence-electron chi connectivity index (χ0n) is 33.4. The predicted molar refractivity (Wildman–Crippen MR) is 224 cm³/mol. The topological polar surface area (TPSA) is 57.4 Å². The lowest BCUT2D eigenvalue weighted by atomic mass is 9.89. The second-order valence-corrected chi connectivity index (χ2v) is 13.9. The van der Waals surface area contributed by atoms with Crippen LogP contribution in [0.2, 0.25) is 0 Å². The minimum absolute atomic E-state index is 0.478. The van der Waals surface area contributed by atoms with Gasteiger partial charge in [-0.15, -0.1) is 0 Å². The monoisotopic (exact) mass is 687 g/mol. The molecule has 0 fully saturated rings. The molecule has 2 aliphatic rings. The second-order valence-electron chi connectivity index (χ2n) is 13.9. The molecule has 4 heteroatoms. The smallest absolute Gasteiger partial charge is 0.0772 e. The van der Waals surface area contributed by atoms with Crippen molar-refractivity contribution < 1.29 is 1.37 Å². The van der Waals surface area contributed by atoms with Crippen molar-refractivity contribution in [1.29, 1.82) is 0 Å². The molecule has 266 valence electrons. The lowest BCUT2D eigenvalue weighted by Gasteiger charge is -2.12. The molecular weight excluding hydrogens is 633 g/mol. The van der Waals surface area contributed by atoms with E-state index in [-0.39, 0.29) is 0 Å². The van der Waals surface area contributed by atoms with Crippen LogP contribution in [0, 0.1) is 0 Å². The highest BCUT2D eigenvalue weighted by Crippen LogP contribution is 2.47. The molecule has 5 heterocycles. The van der Waals surface area contributed by atoms with E-state index in [0.29, 0.717) is 6.04 Å². The molecule has 0 amide bonds. The number of hydrogen-bond donors (Lipinski definition) is 2. The van der Waals surface area contributed by atoms with Crippen LogP contribution >= 0.6 is 0 Å². The van der Waals surface area contributed by atoms with Crippen molar-refractivity contribution in [2.75, 3.05) is 0 Å². The van der Waals surface area contributed by atoms with Gasteiger partial charge in [-0.1, -0.05) is 116 Å². The summed E-state index contributed by atoms with van der Waals surface area (Å²) in [4.78, 5) is 19.2. The Labute approximate surface area is 311 Å². The van der Waals surface area contributed by atoms with Crippen LogP contribution in [-0.4, -0.2) is 19.9 Å². The minimum Gasteiger partial charge on any atom is -0.355 e. The van der Waals surface area contributed by atoms with Gasteiger partial charge in [-0.05, 0) is 119 Å². The molecular formula is C48H54N4. The first kappa shape index (κ1) is 34.1. The lowest BCUT2D eigenvalue weighted by molar-refractivity contribution is 1.07. The first-order chi connectivity index (χ1) is 25.9. The summed E-state index contributed by atoms with van der Waals surface area (Å²) in [5.41, 5.74) is 22.7. The van der Waals surface area contributed by atoms with Crippen molar-refractivity contribution in [3.63, 3.8) is 0 Å². The largest absolute Gasteiger partial charge is 0.355 e. The van der Waals surface area contributed by atoms with Crippen LogP contribution in [0.1, 0.15) is 127 Å². The zero-order valence-corrected chi connectivity index (χ0v) is 32.4. The van der Waals surface area contributed by atoms with Gasteiger partial charge < -0.3 is 9.97 Å². The van der Waals surface area contributed by atoms with E-state index in [9.17, 15) is 1.37 Å². The van der Waals surface area contributed by atoms with Crippen LogP contribution in [0.4, 0.5) is 0 Å². The molecule has 8 bridgehead atoms. The normalized spacial score (nSPS) is 13.3. The van der Waals surface area contributed by atoms with Gasteiger partial charge in [0, 0.05) is 27.7 Å². The number of allylic oxidation sites excluding steroid dienone is 4. The summed E-state index contributed by atoms with van der Waals surface area (Å²) in [5, 5.41) is 0. The fraction of sp³-hybridized carbons (Fsp3) is 0.333. The molecule has 0 saturated heterocycles. The summed E-state index contributed by atoms with van der Waals surface area (Å²) in [6, 6.07) is 24.4. The quantitative estimate of drug-likeness (QED) is 0.154. The van der Waals surface area contributed by atoms with Crippen molar-refractivity contribution >= 4 is 44.4 Å². The van der Waals surface area contributed by atoms with Gasteiger partial charge in [0.1, 0.15) is 0 Å². The Morgan fingerprint density at radius 2 is 0.904 bits per heavy atom. The number of rotatable bonds is 10. The van der Waals surface area contributed by atoms with Gasteiger partial charge in [0.05, 0.1) is 29.7 Å². The van der Waals surface area contributed by atoms with Gasteiger partial charge in [-0.25, -0.2) is 9.97 Å². The van der Waals surface area contributed by atoms with Crippen molar-refractivity contribution in [2.24, 2.45) is 0 Å². The summed E-state index contributed by atoms with van der Waals surface area (Å²) < 4.78 is 9.91. The molecule has 2 aliphatic heterocycles. The van der Waals surface area contributed by atoms with E-state index in [0.717, 1.165) is 124 Å². The SMILES string of the molecule is [2H]c1c2nc(c(-c3ccccc3)c3nc(c(-c4ccccc4)c4[nH]c(cc5[nH]c1c(CC)c5CC)c(CC)c4CC)C(CC)=C3CC)C(CC)=C2CC. The molecule has 3 aromatic heterocycles. The maximum absolute atomic E-state index is 9.91. The first-order valence-corrected chi connectivity index (χ1v) is 19.8. The third kappa shape index (κ3) is 5.77. The van der Waals surface area contributed by atoms with Gasteiger partial charge in [-0.2, -0.15) is 0 Å². The summed E-state index contributed by atoms with van der Waals surface area (Å²) in [6.07, 6.45) is 6.86. The molecule has 7 rings (SSSR count). The van der Waals surface area contributed by atoms with Crippen LogP contribution in [0.5, 0.6) is 0 Å². The van der Waals surface area contributed by atoms with Gasteiger partial charge in [0.25, 0.3) is 0 Å². The number of nitrogens with one attached hydrogen (secondary N) is 2. The molecule has 0 saturated carbocycles. The van der Waals surface area contributed by atoms with Gasteiger partial charge >= 0.3 is 0 Å². The Balaban J connectivity index is 1.87. The maximum Gasteiger partial charge on any atom is 0.0772 e. The number of aromatic nitrogens is 4. The summed E-state index contributed by atoms with van der Waals surface area (Å²) in [6.45, 7) is 18.0. The van der Waals surface area contributed by atoms with Gasteiger partial charge in [-0.3, -0.25) is 0 Å². The summed E-state index contributed by atoms with van der Waals surface area (Å²) in [5.74, 6) is 0. The molecule has 0 atom stereocenters. The molecule has 52 heavy (non-hydrogen) atoms. The number of aromatic amines is 2. The van der Waals surface area contributed by atoms with E-state index in [1.54, 1.807) is 0 Å². The van der Waals surface area contributed by atoms with Crippen molar-refractivity contribution in [2.45, 2.75) is 107 Å². The average Bonchev–Trinajstić information content (AvgIpc) is 3.95. The number of aryl methyl sites for hydroxylation is 4. The third-order valence-corrected chi connectivity index (χ3v) is 11.3. The van der Waals surface area contributed by atoms with Crippen LogP contribution in [0.25, 0.3) is 66.6 Å². The molecule has 0 radical (unpaired) electrons. The molecule has 0 unspecified atom stereocenters. The number of benzene rings is 2. The zero-order chi connectivity index (χ0) is 37.4. The van der Waals surface area contributed by atoms with Crippen molar-refractivity contribution in [1.82, 2.24) is 19.9 Å². The van der Waals surface area contributed by atoms with E-state index >= 15 is 0 Å². The Hall–Kier alpha value is -4.96. The fourth-order valence-electron chi connectivity index (χ4n) is 8.92. The standard InChI is InChI=1S/C48H54N4/c1-9-31-32(10-2)40-28-42-34(12-4)36(14-6)46(51-42)44(30-25-21-18-22-26-30)48-38(16-8)37(15-7)47(52-48)43(29-23-19-17-20-24-29)45-35(13-5)33(11-3)41(50-45)27-39(31)49-40/h17-28,49-50H,9-16H2,1-8H3/i28D. The Morgan fingerprint density at radius 1 is 0.462 bits per heavy atom. The molecule has 0 aliphatic carbocycles. The minimum atomic E-state index is 0.478. The third-order valence-electron chi connectivity index (χ3n) is 11.3. The fourth-order valence-corrected chi connectivity index (χ4v) is 8.92. The van der Waals surface area contributed by atoms with Crippen LogP contribution < -0.4 is 0 Å². The second kappa shape index (κ2) is 14.9. The molecule has 4 nitrogen and oxygen atoms in total. The van der Waals surface area contributed by atoms with Crippen molar-refractivity contribution in [3.8, 4) is 22.3 Å². The first-order valence-electron chi connectivity index (χ1n) is 20.3. The van der Waals surface area contributed by atoms with E-state index in [1.807, 2.05) is 0 Å². The molecule has 5 aromatic rings. The number of nitrogens with zero attached hydrogens (tertiary/aromatic N) is 2. The molecule has 2 N–H and O–H groups in total. The average molecular weight is 688 g/mol. The highest BCUT2D eigenvalue weighted by molar-refractivity contribution is 6.06.